The van der Waals surface area contributed by atoms with Crippen LogP contribution in [-0.2, 0) is 9.53 Å². The van der Waals surface area contributed by atoms with Crippen LogP contribution in [-0.4, -0.2) is 40.6 Å². The zero-order valence-electron chi connectivity index (χ0n) is 13.2. The molecule has 1 aliphatic rings. The fourth-order valence-electron chi connectivity index (χ4n) is 2.33. The van der Waals surface area contributed by atoms with Gasteiger partial charge in [-0.25, -0.2) is 0 Å². The number of nitrogens with zero attached hydrogens (tertiary/aromatic N) is 2. The van der Waals surface area contributed by atoms with Crippen molar-refractivity contribution in [1.82, 2.24) is 15.5 Å². The monoisotopic (exact) mass is 367 g/mol. The second kappa shape index (κ2) is 8.00. The molecule has 6 nitrogen and oxygen atoms in total. The van der Waals surface area contributed by atoms with E-state index in [1.54, 1.807) is 12.1 Å². The number of benzene rings is 1. The number of nitrogens with one attached hydrogen (secondary N) is 1. The first-order chi connectivity index (χ1) is 11.6. The lowest BCUT2D eigenvalue weighted by atomic mass is 10.2. The molecule has 1 aromatic heterocycles. The standard InChI is InChI=1S/C16H18ClN3O3S/c1-10(14(21)18-9-13-3-2-8-22-13)24-16-20-19-15(23-16)11-4-6-12(17)7-5-11/h4-7,10,13H,2-3,8-9H2,1H3,(H,18,21)/t10-,13+/m0/s1. The van der Waals surface area contributed by atoms with E-state index < -0.39 is 0 Å². The number of thioether (sulfide) groups is 1. The van der Waals surface area contributed by atoms with Gasteiger partial charge in [0.05, 0.1) is 11.4 Å². The highest BCUT2D eigenvalue weighted by atomic mass is 35.5. The van der Waals surface area contributed by atoms with Crippen LogP contribution in [0.1, 0.15) is 19.8 Å². The van der Waals surface area contributed by atoms with Gasteiger partial charge >= 0.3 is 0 Å². The number of carbonyl (C=O) groups excluding carboxylic acids is 1. The SMILES string of the molecule is C[C@H](Sc1nnc(-c2ccc(Cl)cc2)o1)C(=O)NC[C@H]1CCCO1. The largest absolute Gasteiger partial charge is 0.411 e. The molecule has 0 bridgehead atoms. The van der Waals surface area contributed by atoms with Crippen molar-refractivity contribution in [3.63, 3.8) is 0 Å². The number of aromatic nitrogens is 2. The van der Waals surface area contributed by atoms with Crippen LogP contribution in [0.2, 0.25) is 5.02 Å². The Kier molecular flexibility index (Phi) is 5.76. The lowest BCUT2D eigenvalue weighted by molar-refractivity contribution is -0.120. The Morgan fingerprint density at radius 2 is 2.21 bits per heavy atom. The van der Waals surface area contributed by atoms with Crippen LogP contribution >= 0.6 is 23.4 Å². The summed E-state index contributed by atoms with van der Waals surface area (Å²) in [6.45, 7) is 3.13. The summed E-state index contributed by atoms with van der Waals surface area (Å²) in [5.41, 5.74) is 0.786. The van der Waals surface area contributed by atoms with Gasteiger partial charge in [-0.15, -0.1) is 10.2 Å². The van der Waals surface area contributed by atoms with E-state index in [4.69, 9.17) is 20.8 Å². The summed E-state index contributed by atoms with van der Waals surface area (Å²) in [5.74, 6) is 0.336. The summed E-state index contributed by atoms with van der Waals surface area (Å²) in [5, 5.41) is 11.6. The van der Waals surface area contributed by atoms with Crippen molar-refractivity contribution in [2.45, 2.75) is 36.3 Å². The first kappa shape index (κ1) is 17.3. The maximum absolute atomic E-state index is 12.1. The van der Waals surface area contributed by atoms with E-state index in [0.717, 1.165) is 25.0 Å². The van der Waals surface area contributed by atoms with Crippen LogP contribution in [0.5, 0.6) is 0 Å². The van der Waals surface area contributed by atoms with Gasteiger partial charge in [0.1, 0.15) is 0 Å². The zero-order chi connectivity index (χ0) is 16.9. The van der Waals surface area contributed by atoms with E-state index in [9.17, 15) is 4.79 Å². The third-order valence-electron chi connectivity index (χ3n) is 3.67. The molecule has 128 valence electrons. The highest BCUT2D eigenvalue weighted by Gasteiger charge is 2.21. The minimum Gasteiger partial charge on any atom is -0.411 e. The molecule has 8 heteroatoms. The second-order valence-electron chi connectivity index (χ2n) is 5.52. The Bertz CT molecular complexity index is 686. The average molecular weight is 368 g/mol. The summed E-state index contributed by atoms with van der Waals surface area (Å²) >= 11 is 7.09. The van der Waals surface area contributed by atoms with Gasteiger partial charge in [-0.1, -0.05) is 23.4 Å². The molecular weight excluding hydrogens is 350 g/mol. The number of hydrogen-bond donors (Lipinski definition) is 1. The first-order valence-corrected chi connectivity index (χ1v) is 9.03. The van der Waals surface area contributed by atoms with E-state index in [1.807, 2.05) is 19.1 Å². The van der Waals surface area contributed by atoms with Gasteiger partial charge in [-0.2, -0.15) is 0 Å². The minimum absolute atomic E-state index is 0.0678. The van der Waals surface area contributed by atoms with Crippen LogP contribution in [0.4, 0.5) is 0 Å². The molecule has 3 rings (SSSR count). The maximum atomic E-state index is 12.1. The van der Waals surface area contributed by atoms with E-state index in [1.165, 1.54) is 11.8 Å². The highest BCUT2D eigenvalue weighted by Crippen LogP contribution is 2.26. The van der Waals surface area contributed by atoms with Gasteiger partial charge in [-0.3, -0.25) is 4.79 Å². The van der Waals surface area contributed by atoms with E-state index in [-0.39, 0.29) is 17.3 Å². The number of halogens is 1. The fraction of sp³-hybridized carbons (Fsp3) is 0.438. The molecule has 1 saturated heterocycles. The summed E-state index contributed by atoms with van der Waals surface area (Å²) in [6.07, 6.45) is 2.18. The molecule has 1 N–H and O–H groups in total. The number of ether oxygens (including phenoxy) is 1. The van der Waals surface area contributed by atoms with Gasteiger partial charge in [0.25, 0.3) is 5.22 Å². The summed E-state index contributed by atoms with van der Waals surface area (Å²) in [7, 11) is 0. The summed E-state index contributed by atoms with van der Waals surface area (Å²) < 4.78 is 11.1. The van der Waals surface area contributed by atoms with Gasteiger partial charge in [0.2, 0.25) is 11.8 Å². The molecule has 1 aliphatic heterocycles. The highest BCUT2D eigenvalue weighted by molar-refractivity contribution is 8.00. The lowest BCUT2D eigenvalue weighted by Gasteiger charge is -2.13. The maximum Gasteiger partial charge on any atom is 0.277 e. The van der Waals surface area contributed by atoms with Crippen molar-refractivity contribution in [2.24, 2.45) is 0 Å². The van der Waals surface area contributed by atoms with Crippen molar-refractivity contribution in [3.8, 4) is 11.5 Å². The molecular formula is C16H18ClN3O3S. The zero-order valence-corrected chi connectivity index (χ0v) is 14.8. The third kappa shape index (κ3) is 4.49. The molecule has 0 saturated carbocycles. The summed E-state index contributed by atoms with van der Waals surface area (Å²) in [6, 6.07) is 7.13. The fourth-order valence-corrected chi connectivity index (χ4v) is 3.17. The van der Waals surface area contributed by atoms with Crippen molar-refractivity contribution in [3.05, 3.63) is 29.3 Å². The molecule has 2 aromatic rings. The third-order valence-corrected chi connectivity index (χ3v) is 4.86. The van der Waals surface area contributed by atoms with Crippen molar-refractivity contribution >= 4 is 29.3 Å². The molecule has 24 heavy (non-hydrogen) atoms. The van der Waals surface area contributed by atoms with Gasteiger partial charge in [0.15, 0.2) is 0 Å². The quantitative estimate of drug-likeness (QED) is 0.790. The van der Waals surface area contributed by atoms with Crippen LogP contribution in [0.25, 0.3) is 11.5 Å². The summed E-state index contributed by atoms with van der Waals surface area (Å²) in [4.78, 5) is 12.1. The Labute approximate surface area is 149 Å². The van der Waals surface area contributed by atoms with E-state index >= 15 is 0 Å². The predicted octanol–water partition coefficient (Wildman–Crippen LogP) is 3.17. The van der Waals surface area contributed by atoms with Crippen molar-refractivity contribution in [1.29, 1.82) is 0 Å². The van der Waals surface area contributed by atoms with Crippen LogP contribution < -0.4 is 5.32 Å². The minimum atomic E-state index is -0.329. The van der Waals surface area contributed by atoms with E-state index in [2.05, 4.69) is 15.5 Å². The topological polar surface area (TPSA) is 77.2 Å². The molecule has 0 spiro atoms. The molecule has 2 atom stereocenters. The molecule has 0 unspecified atom stereocenters. The van der Waals surface area contributed by atoms with Crippen LogP contribution in [0, 0.1) is 0 Å². The van der Waals surface area contributed by atoms with E-state index in [0.29, 0.717) is 22.7 Å². The second-order valence-corrected chi connectivity index (χ2v) is 7.25. The molecule has 0 aliphatic carbocycles. The molecule has 0 radical (unpaired) electrons. The first-order valence-electron chi connectivity index (χ1n) is 7.77. The van der Waals surface area contributed by atoms with Gasteiger partial charge < -0.3 is 14.5 Å². The predicted molar refractivity (Wildman–Crippen MR) is 92.0 cm³/mol. The van der Waals surface area contributed by atoms with Crippen molar-refractivity contribution < 1.29 is 13.9 Å². The number of carbonyl (C=O) groups is 1. The molecule has 1 fully saturated rings. The smallest absolute Gasteiger partial charge is 0.277 e. The molecule has 1 aromatic carbocycles. The Morgan fingerprint density at radius 3 is 2.92 bits per heavy atom. The average Bonchev–Trinajstić information content (AvgIpc) is 3.25. The van der Waals surface area contributed by atoms with Crippen LogP contribution in [0.3, 0.4) is 0 Å². The van der Waals surface area contributed by atoms with Gasteiger partial charge in [0, 0.05) is 23.7 Å². The molecule has 1 amide bonds. The molecule has 2 heterocycles. The Hall–Kier alpha value is -1.57. The normalized spacial score (nSPS) is 18.5. The lowest BCUT2D eigenvalue weighted by Crippen LogP contribution is -2.36. The van der Waals surface area contributed by atoms with Gasteiger partial charge in [-0.05, 0) is 44.0 Å². The van der Waals surface area contributed by atoms with Crippen LogP contribution in [0.15, 0.2) is 33.9 Å². The number of rotatable bonds is 6. The number of hydrogen-bond acceptors (Lipinski definition) is 6. The Balaban J connectivity index is 1.53. The number of amides is 1. The van der Waals surface area contributed by atoms with Crippen molar-refractivity contribution in [2.75, 3.05) is 13.2 Å². The Morgan fingerprint density at radius 1 is 1.42 bits per heavy atom.